The SMILES string of the molecule is Cc1cc(N(C)c2ccc(-c3cnn(CC45CC6CC(CC(C6)C4)C5)c3C)c(C(C)C)n2)nnc1Nc1nc2ncccc2s1. The number of hydrogen-bond donors (Lipinski definition) is 1. The lowest BCUT2D eigenvalue weighted by molar-refractivity contribution is -0.0638. The van der Waals surface area contributed by atoms with Crippen molar-refractivity contribution < 1.29 is 0 Å². The second-order valence-electron chi connectivity index (χ2n) is 14.2. The summed E-state index contributed by atoms with van der Waals surface area (Å²) in [6.45, 7) is 9.76. The van der Waals surface area contributed by atoms with Crippen LogP contribution in [0.1, 0.15) is 75.2 Å². The Hall–Kier alpha value is -3.92. The Bertz CT molecular complexity index is 1820. The lowest BCUT2D eigenvalue weighted by Crippen LogP contribution is -2.48. The summed E-state index contributed by atoms with van der Waals surface area (Å²) in [5.74, 6) is 5.35. The molecule has 5 heterocycles. The first kappa shape index (κ1) is 28.5. The van der Waals surface area contributed by atoms with Crippen LogP contribution in [0.3, 0.4) is 0 Å². The molecule has 4 saturated carbocycles. The van der Waals surface area contributed by atoms with E-state index in [0.717, 1.165) is 62.7 Å². The zero-order valence-electron chi connectivity index (χ0n) is 26.8. The monoisotopic (exact) mass is 619 g/mol. The topological polar surface area (TPSA) is 97.5 Å². The Balaban J connectivity index is 1.03. The summed E-state index contributed by atoms with van der Waals surface area (Å²) in [6, 6.07) is 10.3. The van der Waals surface area contributed by atoms with Gasteiger partial charge in [0.05, 0.1) is 16.6 Å². The van der Waals surface area contributed by atoms with Gasteiger partial charge >= 0.3 is 0 Å². The van der Waals surface area contributed by atoms with Crippen LogP contribution in [0.2, 0.25) is 0 Å². The number of aromatic nitrogens is 7. The van der Waals surface area contributed by atoms with E-state index < -0.39 is 0 Å². The number of fused-ring (bicyclic) bond motifs is 1. The molecule has 0 spiro atoms. The maximum atomic E-state index is 5.19. The summed E-state index contributed by atoms with van der Waals surface area (Å²) in [5, 5.41) is 18.1. The average molecular weight is 620 g/mol. The Kier molecular flexibility index (Phi) is 6.89. The molecule has 0 aromatic carbocycles. The van der Waals surface area contributed by atoms with Gasteiger partial charge in [0.25, 0.3) is 0 Å². The molecule has 0 aliphatic heterocycles. The van der Waals surface area contributed by atoms with Crippen LogP contribution < -0.4 is 10.2 Å². The van der Waals surface area contributed by atoms with Crippen molar-refractivity contribution in [1.82, 2.24) is 34.9 Å². The Labute approximate surface area is 268 Å². The molecule has 0 unspecified atom stereocenters. The van der Waals surface area contributed by atoms with Gasteiger partial charge in [-0.2, -0.15) is 10.1 Å². The highest BCUT2D eigenvalue weighted by atomic mass is 32.1. The van der Waals surface area contributed by atoms with Gasteiger partial charge in [-0.15, -0.1) is 10.2 Å². The van der Waals surface area contributed by atoms with Crippen LogP contribution >= 0.6 is 11.3 Å². The number of nitrogens with zero attached hydrogens (tertiary/aromatic N) is 8. The van der Waals surface area contributed by atoms with E-state index in [1.807, 2.05) is 37.1 Å². The summed E-state index contributed by atoms with van der Waals surface area (Å²) < 4.78 is 3.34. The minimum absolute atomic E-state index is 0.252. The number of nitrogens with one attached hydrogen (secondary N) is 1. The van der Waals surface area contributed by atoms with Gasteiger partial charge in [0.2, 0.25) is 0 Å². The first-order chi connectivity index (χ1) is 21.7. The van der Waals surface area contributed by atoms with Crippen molar-refractivity contribution in [1.29, 1.82) is 0 Å². The fourth-order valence-electron chi connectivity index (χ4n) is 8.79. The summed E-state index contributed by atoms with van der Waals surface area (Å²) in [6.07, 6.45) is 12.4. The van der Waals surface area contributed by atoms with Gasteiger partial charge in [-0.05, 0) is 117 Å². The molecule has 4 aliphatic carbocycles. The second kappa shape index (κ2) is 10.9. The summed E-state index contributed by atoms with van der Waals surface area (Å²) in [4.78, 5) is 16.1. The van der Waals surface area contributed by atoms with E-state index in [1.54, 1.807) is 17.5 Å². The fraction of sp³-hybridized carbons (Fsp3) is 0.486. The number of hydrogen-bond acceptors (Lipinski definition) is 9. The minimum Gasteiger partial charge on any atom is -0.314 e. The van der Waals surface area contributed by atoms with Gasteiger partial charge in [0, 0.05) is 36.6 Å². The first-order valence-electron chi connectivity index (χ1n) is 16.3. The second-order valence-corrected chi connectivity index (χ2v) is 15.3. The third-order valence-corrected chi connectivity index (χ3v) is 11.5. The zero-order chi connectivity index (χ0) is 30.9. The largest absolute Gasteiger partial charge is 0.314 e. The van der Waals surface area contributed by atoms with Crippen LogP contribution in [-0.4, -0.2) is 42.0 Å². The van der Waals surface area contributed by atoms with Crippen LogP contribution in [0.5, 0.6) is 0 Å². The van der Waals surface area contributed by atoms with Crippen molar-refractivity contribution in [2.75, 3.05) is 17.3 Å². The van der Waals surface area contributed by atoms with Crippen molar-refractivity contribution in [2.24, 2.45) is 23.2 Å². The smallest absolute Gasteiger partial charge is 0.191 e. The highest BCUT2D eigenvalue weighted by molar-refractivity contribution is 7.22. The van der Waals surface area contributed by atoms with Crippen LogP contribution in [-0.2, 0) is 6.54 Å². The Morgan fingerprint density at radius 1 is 0.978 bits per heavy atom. The number of thiazole rings is 1. The molecule has 5 aromatic heterocycles. The lowest BCUT2D eigenvalue weighted by Gasteiger charge is -2.56. The highest BCUT2D eigenvalue weighted by Gasteiger charge is 2.51. The third-order valence-electron chi connectivity index (χ3n) is 10.5. The highest BCUT2D eigenvalue weighted by Crippen LogP contribution is 2.60. The van der Waals surface area contributed by atoms with Crippen molar-refractivity contribution in [3.8, 4) is 11.1 Å². The van der Waals surface area contributed by atoms with E-state index in [4.69, 9.17) is 10.1 Å². The van der Waals surface area contributed by atoms with E-state index >= 15 is 0 Å². The normalized spacial score (nSPS) is 23.7. The summed E-state index contributed by atoms with van der Waals surface area (Å²) in [7, 11) is 2.00. The molecule has 9 rings (SSSR count). The number of aryl methyl sites for hydroxylation is 1. The van der Waals surface area contributed by atoms with Gasteiger partial charge in [-0.3, -0.25) is 4.68 Å². The molecule has 4 fully saturated rings. The number of pyridine rings is 2. The van der Waals surface area contributed by atoms with Crippen LogP contribution in [0.15, 0.2) is 42.7 Å². The van der Waals surface area contributed by atoms with Crippen LogP contribution in [0.4, 0.5) is 22.6 Å². The van der Waals surface area contributed by atoms with E-state index in [-0.39, 0.29) is 5.92 Å². The molecule has 10 heteroatoms. The molecule has 4 bridgehead atoms. The van der Waals surface area contributed by atoms with Crippen molar-refractivity contribution in [2.45, 2.75) is 78.7 Å². The van der Waals surface area contributed by atoms with Crippen LogP contribution in [0, 0.1) is 37.0 Å². The van der Waals surface area contributed by atoms with Gasteiger partial charge in [-0.25, -0.2) is 9.97 Å². The Morgan fingerprint density at radius 2 is 1.73 bits per heavy atom. The predicted octanol–water partition coefficient (Wildman–Crippen LogP) is 8.21. The van der Waals surface area contributed by atoms with E-state index in [0.29, 0.717) is 11.2 Å². The third kappa shape index (κ3) is 5.16. The summed E-state index contributed by atoms with van der Waals surface area (Å²) in [5.41, 5.74) is 6.84. The van der Waals surface area contributed by atoms with E-state index in [2.05, 4.69) is 69.3 Å². The lowest BCUT2D eigenvalue weighted by atomic mass is 9.49. The minimum atomic E-state index is 0.252. The molecular weight excluding hydrogens is 579 g/mol. The van der Waals surface area contributed by atoms with Crippen molar-refractivity contribution in [3.05, 3.63) is 59.7 Å². The van der Waals surface area contributed by atoms with Gasteiger partial charge in [0.15, 0.2) is 22.4 Å². The molecule has 0 atom stereocenters. The molecule has 4 aliphatic rings. The first-order valence-corrected chi connectivity index (χ1v) is 17.2. The average Bonchev–Trinajstić information content (AvgIpc) is 3.58. The standard InChI is InChI=1S/C35H41N9S/c1-20(2)31-26(27-18-37-44(22(27)4)19-35-15-23-12-24(16-35)14-25(13-23)17-35)8-9-29(38-31)43(5)30-11-21(3)32(42-41-30)39-34-40-33-28(45-34)7-6-10-36-33/h6-11,18,20,23-25H,12-17,19H2,1-5H3,(H,36,39,40,42). The molecular formula is C35H41N9S. The molecule has 0 radical (unpaired) electrons. The number of anilines is 4. The molecule has 0 saturated heterocycles. The van der Waals surface area contributed by atoms with Gasteiger partial charge in [0.1, 0.15) is 5.82 Å². The Morgan fingerprint density at radius 3 is 2.42 bits per heavy atom. The molecule has 9 nitrogen and oxygen atoms in total. The summed E-state index contributed by atoms with van der Waals surface area (Å²) >= 11 is 1.55. The van der Waals surface area contributed by atoms with Crippen molar-refractivity contribution in [3.63, 3.8) is 0 Å². The van der Waals surface area contributed by atoms with E-state index in [9.17, 15) is 0 Å². The molecule has 1 N–H and O–H groups in total. The maximum absolute atomic E-state index is 5.19. The van der Waals surface area contributed by atoms with Gasteiger partial charge in [-0.1, -0.05) is 25.2 Å². The number of rotatable bonds is 8. The van der Waals surface area contributed by atoms with Crippen molar-refractivity contribution >= 4 is 44.3 Å². The van der Waals surface area contributed by atoms with Gasteiger partial charge < -0.3 is 10.2 Å². The quantitative estimate of drug-likeness (QED) is 0.186. The van der Waals surface area contributed by atoms with Crippen LogP contribution in [0.25, 0.3) is 21.5 Å². The fourth-order valence-corrected chi connectivity index (χ4v) is 9.61. The van der Waals surface area contributed by atoms with E-state index in [1.165, 1.54) is 55.3 Å². The zero-order valence-corrected chi connectivity index (χ0v) is 27.6. The molecule has 232 valence electrons. The molecule has 0 amide bonds. The molecule has 5 aromatic rings. The predicted molar refractivity (Wildman–Crippen MR) is 180 cm³/mol. The maximum Gasteiger partial charge on any atom is 0.191 e. The molecule has 45 heavy (non-hydrogen) atoms.